The first-order chi connectivity index (χ1) is 10.3. The van der Waals surface area contributed by atoms with Crippen LogP contribution in [-0.4, -0.2) is 42.7 Å². The van der Waals surface area contributed by atoms with E-state index >= 15 is 0 Å². The molecule has 2 N–H and O–H groups in total. The summed E-state index contributed by atoms with van der Waals surface area (Å²) < 4.78 is 2.84. The van der Waals surface area contributed by atoms with Crippen LogP contribution in [0.15, 0.2) is 0 Å². The Morgan fingerprint density at radius 3 is 1.21 bits per heavy atom. The van der Waals surface area contributed by atoms with Crippen molar-refractivity contribution in [3.8, 4) is 0 Å². The summed E-state index contributed by atoms with van der Waals surface area (Å²) in [5.41, 5.74) is 0. The van der Waals surface area contributed by atoms with E-state index in [0.29, 0.717) is 0 Å². The van der Waals surface area contributed by atoms with E-state index in [1.54, 1.807) is 0 Å². The third-order valence-electron chi connectivity index (χ3n) is 4.40. The second-order valence-corrected chi connectivity index (χ2v) is 10.6. The molecule has 0 aromatic heterocycles. The summed E-state index contributed by atoms with van der Waals surface area (Å²) in [4.78, 5) is 0. The second-order valence-electron chi connectivity index (χ2n) is 6.62. The van der Waals surface area contributed by atoms with Crippen molar-refractivity contribution in [1.29, 1.82) is 0 Å². The Morgan fingerprint density at radius 1 is 0.542 bits per heavy atom. The van der Waals surface area contributed by atoms with Gasteiger partial charge in [0, 0.05) is 0 Å². The first-order valence-corrected chi connectivity index (χ1v) is 13.1. The average molecular weight is 442 g/mol. The molecule has 1 aliphatic rings. The molecule has 1 rings (SSSR count). The van der Waals surface area contributed by atoms with Crippen LogP contribution in [-0.2, 0) is 18.1 Å². The molecular weight excluding hydrogens is 400 g/mol. The molecule has 0 aromatic carbocycles. The minimum atomic E-state index is -0.871. The van der Waals surface area contributed by atoms with Gasteiger partial charge in [0.1, 0.15) is 0 Å². The van der Waals surface area contributed by atoms with Crippen molar-refractivity contribution in [2.24, 2.45) is 0 Å². The quantitative estimate of drug-likeness (QED) is 0.568. The van der Waals surface area contributed by atoms with Crippen molar-refractivity contribution in [3.05, 3.63) is 0 Å². The molecule has 1 aliphatic heterocycles. The molecule has 0 amide bonds. The first kappa shape index (κ1) is 30.2. The first-order valence-electron chi connectivity index (χ1n) is 9.27. The zero-order valence-corrected chi connectivity index (χ0v) is 19.8. The van der Waals surface area contributed by atoms with Crippen LogP contribution < -0.4 is 10.6 Å². The fourth-order valence-corrected chi connectivity index (χ4v) is 4.84. The Bertz CT molecular complexity index is 219. The number of halogens is 3. The number of nitrogens with zero attached hydrogens (tertiary/aromatic N) is 1. The summed E-state index contributed by atoms with van der Waals surface area (Å²) in [6.07, 6.45) is 12.4. The molecule has 0 bridgehead atoms. The van der Waals surface area contributed by atoms with Gasteiger partial charge >= 0.3 is 140 Å². The Kier molecular flexibility index (Phi) is 28.3. The Balaban J connectivity index is -0.00000147. The van der Waals surface area contributed by atoms with Crippen LogP contribution in [0.25, 0.3) is 0 Å². The van der Waals surface area contributed by atoms with Crippen molar-refractivity contribution in [1.82, 2.24) is 14.0 Å². The Morgan fingerprint density at radius 2 is 0.875 bits per heavy atom. The monoisotopic (exact) mass is 440 g/mol. The summed E-state index contributed by atoms with van der Waals surface area (Å²) in [5, 5.41) is 12.2. The molecule has 1 saturated heterocycles. The summed E-state index contributed by atoms with van der Waals surface area (Å²) in [7, 11) is 0. The van der Waals surface area contributed by atoms with E-state index < -0.39 is 18.1 Å². The maximum absolute atomic E-state index is 3.60. The third kappa shape index (κ3) is 18.3. The summed E-state index contributed by atoms with van der Waals surface area (Å²) >= 11 is -0.871. The van der Waals surface area contributed by atoms with E-state index in [4.69, 9.17) is 0 Å². The molecule has 3 nitrogen and oxygen atoms in total. The van der Waals surface area contributed by atoms with E-state index in [1.807, 2.05) is 0 Å². The summed E-state index contributed by atoms with van der Waals surface area (Å²) in [6.45, 7) is 7.60. The zero-order chi connectivity index (χ0) is 15.2. The van der Waals surface area contributed by atoms with Gasteiger partial charge in [0.15, 0.2) is 0 Å². The van der Waals surface area contributed by atoms with Crippen LogP contribution in [0.1, 0.15) is 57.8 Å². The van der Waals surface area contributed by atoms with Crippen molar-refractivity contribution < 1.29 is 18.1 Å². The molecule has 0 radical (unpaired) electrons. The SMILES string of the molecule is Cl.Cl.Cl.[CH3][Ti]([CH3])[N]1CCCCCNCCCCCNCCCCC1. The van der Waals surface area contributed by atoms with Gasteiger partial charge in [-0.15, -0.1) is 37.2 Å². The predicted molar refractivity (Wildman–Crippen MR) is 112 cm³/mol. The van der Waals surface area contributed by atoms with Gasteiger partial charge in [0.05, 0.1) is 0 Å². The number of hydrogen-bond acceptors (Lipinski definition) is 3. The molecule has 0 aromatic rings. The predicted octanol–water partition coefficient (Wildman–Crippen LogP) is 4.89. The fourth-order valence-electron chi connectivity index (χ4n) is 2.94. The van der Waals surface area contributed by atoms with Gasteiger partial charge in [-0.2, -0.15) is 0 Å². The van der Waals surface area contributed by atoms with E-state index in [1.165, 1.54) is 97.1 Å². The van der Waals surface area contributed by atoms with Crippen LogP contribution in [0.5, 0.6) is 0 Å². The number of rotatable bonds is 1. The van der Waals surface area contributed by atoms with Gasteiger partial charge in [-0.3, -0.25) is 0 Å². The number of nitrogens with one attached hydrogen (secondary N) is 2. The van der Waals surface area contributed by atoms with Gasteiger partial charge in [-0.1, -0.05) is 0 Å². The van der Waals surface area contributed by atoms with Crippen LogP contribution in [0.3, 0.4) is 0 Å². The van der Waals surface area contributed by atoms with Gasteiger partial charge in [0.2, 0.25) is 0 Å². The van der Waals surface area contributed by atoms with Crippen molar-refractivity contribution in [2.45, 2.75) is 68.2 Å². The molecule has 0 unspecified atom stereocenters. The normalized spacial score (nSPS) is 20.2. The number of hydrogen-bond donors (Lipinski definition) is 2. The summed E-state index contributed by atoms with van der Waals surface area (Å²) in [6, 6.07) is 0. The molecule has 1 fully saturated rings. The molecule has 149 valence electrons. The molecule has 24 heavy (non-hydrogen) atoms. The molecular formula is C17H41Cl3N3Ti. The minimum absolute atomic E-state index is 0. The Labute approximate surface area is 176 Å². The van der Waals surface area contributed by atoms with Gasteiger partial charge in [0.25, 0.3) is 0 Å². The van der Waals surface area contributed by atoms with Crippen LogP contribution in [0.2, 0.25) is 10.5 Å². The van der Waals surface area contributed by atoms with E-state index in [-0.39, 0.29) is 37.2 Å². The summed E-state index contributed by atoms with van der Waals surface area (Å²) in [5.74, 6) is 0. The molecule has 0 aliphatic carbocycles. The molecule has 1 heterocycles. The van der Waals surface area contributed by atoms with Crippen LogP contribution >= 0.6 is 37.2 Å². The average Bonchev–Trinajstić information content (AvgIpc) is 2.47. The topological polar surface area (TPSA) is 27.3 Å². The van der Waals surface area contributed by atoms with Gasteiger partial charge < -0.3 is 0 Å². The van der Waals surface area contributed by atoms with E-state index in [0.717, 1.165) is 0 Å². The van der Waals surface area contributed by atoms with Crippen molar-refractivity contribution >= 4 is 37.2 Å². The van der Waals surface area contributed by atoms with Crippen LogP contribution in [0.4, 0.5) is 0 Å². The second kappa shape index (κ2) is 22.5. The van der Waals surface area contributed by atoms with Crippen molar-refractivity contribution in [2.75, 3.05) is 39.3 Å². The zero-order valence-electron chi connectivity index (χ0n) is 15.8. The third-order valence-corrected chi connectivity index (χ3v) is 7.08. The maximum atomic E-state index is 3.60. The standard InChI is InChI=1S/C15H32N3.2CH3.3ClH.Ti/c1-4-10-16-12-6-2-8-14-18-15-9-3-7-13-17-11-5-1;;;;;;/h16-17H,1-15H2;2*1H3;3*1H;/q-1;;;;;;+1. The van der Waals surface area contributed by atoms with E-state index in [9.17, 15) is 0 Å². The van der Waals surface area contributed by atoms with E-state index in [2.05, 4.69) is 24.5 Å². The molecule has 0 saturated carbocycles. The molecule has 0 atom stereocenters. The Hall–Kier alpha value is 1.46. The van der Waals surface area contributed by atoms with Crippen molar-refractivity contribution in [3.63, 3.8) is 0 Å². The molecule has 0 spiro atoms. The fraction of sp³-hybridized carbons (Fsp3) is 1.00. The molecule has 7 heteroatoms. The van der Waals surface area contributed by atoms with Gasteiger partial charge in [-0.05, 0) is 0 Å². The van der Waals surface area contributed by atoms with Crippen LogP contribution in [0, 0.1) is 0 Å². The van der Waals surface area contributed by atoms with Gasteiger partial charge in [-0.25, -0.2) is 0 Å².